The van der Waals surface area contributed by atoms with Gasteiger partial charge in [0.1, 0.15) is 6.10 Å². The van der Waals surface area contributed by atoms with Crippen molar-refractivity contribution in [2.75, 3.05) is 0 Å². The maximum atomic E-state index is 5.96. The van der Waals surface area contributed by atoms with Crippen molar-refractivity contribution < 1.29 is 4.74 Å². The predicted molar refractivity (Wildman–Crippen MR) is 64.3 cm³/mol. The zero-order valence-corrected chi connectivity index (χ0v) is 9.86. The van der Waals surface area contributed by atoms with E-state index in [9.17, 15) is 0 Å². The highest BCUT2D eigenvalue weighted by Gasteiger charge is 2.17. The summed E-state index contributed by atoms with van der Waals surface area (Å²) in [6.45, 7) is 1.96. The Balaban J connectivity index is 2.07. The van der Waals surface area contributed by atoms with Crippen LogP contribution in [0, 0.1) is 0 Å². The van der Waals surface area contributed by atoms with Crippen LogP contribution in [-0.2, 0) is 0 Å². The van der Waals surface area contributed by atoms with Crippen LogP contribution < -0.4 is 10.5 Å². The third kappa shape index (κ3) is 2.73. The summed E-state index contributed by atoms with van der Waals surface area (Å²) >= 11 is 0. The maximum absolute atomic E-state index is 5.96. The molecular weight excluding hydrogens is 200 g/mol. The van der Waals surface area contributed by atoms with E-state index in [4.69, 9.17) is 10.5 Å². The van der Waals surface area contributed by atoms with Crippen molar-refractivity contribution in [1.29, 1.82) is 0 Å². The van der Waals surface area contributed by atoms with Gasteiger partial charge in [0.15, 0.2) is 0 Å². The SMILES string of the molecule is C[C@H](N)c1cccnc1OC1CCCCC1. The molecule has 1 atom stereocenters. The van der Waals surface area contributed by atoms with Crippen LogP contribution in [0.25, 0.3) is 0 Å². The molecule has 2 N–H and O–H groups in total. The van der Waals surface area contributed by atoms with E-state index in [2.05, 4.69) is 4.98 Å². The molecule has 88 valence electrons. The van der Waals surface area contributed by atoms with Gasteiger partial charge in [-0.2, -0.15) is 0 Å². The highest BCUT2D eigenvalue weighted by Crippen LogP contribution is 2.26. The van der Waals surface area contributed by atoms with Crippen molar-refractivity contribution in [2.45, 2.75) is 51.2 Å². The number of nitrogens with two attached hydrogens (primary N) is 1. The van der Waals surface area contributed by atoms with Gasteiger partial charge in [-0.3, -0.25) is 0 Å². The van der Waals surface area contributed by atoms with Crippen molar-refractivity contribution >= 4 is 0 Å². The summed E-state index contributed by atoms with van der Waals surface area (Å²) < 4.78 is 5.96. The van der Waals surface area contributed by atoms with Gasteiger partial charge in [-0.1, -0.05) is 12.5 Å². The molecule has 0 unspecified atom stereocenters. The summed E-state index contributed by atoms with van der Waals surface area (Å²) in [5.74, 6) is 0.726. The van der Waals surface area contributed by atoms with Crippen LogP contribution in [0.1, 0.15) is 50.6 Å². The van der Waals surface area contributed by atoms with Gasteiger partial charge in [-0.15, -0.1) is 0 Å². The molecule has 0 bridgehead atoms. The molecule has 0 saturated heterocycles. The molecule has 0 aromatic carbocycles. The Bertz CT molecular complexity index is 332. The van der Waals surface area contributed by atoms with E-state index in [-0.39, 0.29) is 6.04 Å². The standard InChI is InChI=1S/C13H20N2O/c1-10(14)12-8-5-9-15-13(12)16-11-6-3-2-4-7-11/h5,8-11H,2-4,6-7,14H2,1H3/t10-/m0/s1. The summed E-state index contributed by atoms with van der Waals surface area (Å²) in [6, 6.07) is 3.88. The average molecular weight is 220 g/mol. The molecule has 1 aliphatic carbocycles. The van der Waals surface area contributed by atoms with Crippen molar-refractivity contribution in [3.05, 3.63) is 23.9 Å². The van der Waals surface area contributed by atoms with Crippen LogP contribution in [0.15, 0.2) is 18.3 Å². The molecule has 16 heavy (non-hydrogen) atoms. The second-order valence-electron chi connectivity index (χ2n) is 4.56. The molecule has 2 rings (SSSR count). The minimum absolute atomic E-state index is 0.0210. The normalized spacial score (nSPS) is 19.4. The molecule has 1 aromatic rings. The Morgan fingerprint density at radius 3 is 2.81 bits per heavy atom. The predicted octanol–water partition coefficient (Wildman–Crippen LogP) is 2.81. The third-order valence-electron chi connectivity index (χ3n) is 3.12. The Morgan fingerprint density at radius 2 is 2.12 bits per heavy atom. The van der Waals surface area contributed by atoms with Crippen LogP contribution in [0.4, 0.5) is 0 Å². The Hall–Kier alpha value is -1.09. The van der Waals surface area contributed by atoms with Crippen LogP contribution in [0.5, 0.6) is 5.88 Å². The number of rotatable bonds is 3. The van der Waals surface area contributed by atoms with Gasteiger partial charge in [0.2, 0.25) is 5.88 Å². The summed E-state index contributed by atoms with van der Waals surface area (Å²) in [4.78, 5) is 4.29. The van der Waals surface area contributed by atoms with Crippen molar-refractivity contribution in [3.8, 4) is 5.88 Å². The van der Waals surface area contributed by atoms with Gasteiger partial charge in [0, 0.05) is 17.8 Å². The minimum atomic E-state index is -0.0210. The third-order valence-corrected chi connectivity index (χ3v) is 3.12. The molecule has 0 aliphatic heterocycles. The van der Waals surface area contributed by atoms with Crippen molar-refractivity contribution in [2.24, 2.45) is 5.73 Å². The molecule has 3 heteroatoms. The van der Waals surface area contributed by atoms with E-state index >= 15 is 0 Å². The van der Waals surface area contributed by atoms with Crippen LogP contribution in [0.2, 0.25) is 0 Å². The summed E-state index contributed by atoms with van der Waals surface area (Å²) in [5, 5.41) is 0. The van der Waals surface area contributed by atoms with E-state index in [1.165, 1.54) is 19.3 Å². The van der Waals surface area contributed by atoms with Crippen molar-refractivity contribution in [1.82, 2.24) is 4.98 Å². The lowest BCUT2D eigenvalue weighted by atomic mass is 9.98. The lowest BCUT2D eigenvalue weighted by Crippen LogP contribution is -2.21. The first-order valence-corrected chi connectivity index (χ1v) is 6.14. The molecule has 0 radical (unpaired) electrons. The van der Waals surface area contributed by atoms with E-state index in [1.54, 1.807) is 6.20 Å². The molecule has 1 saturated carbocycles. The quantitative estimate of drug-likeness (QED) is 0.852. The van der Waals surface area contributed by atoms with E-state index < -0.39 is 0 Å². The fraction of sp³-hybridized carbons (Fsp3) is 0.615. The van der Waals surface area contributed by atoms with E-state index in [1.807, 2.05) is 19.1 Å². The second-order valence-corrected chi connectivity index (χ2v) is 4.56. The fourth-order valence-corrected chi connectivity index (χ4v) is 2.19. The van der Waals surface area contributed by atoms with Gasteiger partial charge in [0.05, 0.1) is 0 Å². The maximum Gasteiger partial charge on any atom is 0.218 e. The summed E-state index contributed by atoms with van der Waals surface area (Å²) in [6.07, 6.45) is 8.27. The van der Waals surface area contributed by atoms with Crippen molar-refractivity contribution in [3.63, 3.8) is 0 Å². The zero-order chi connectivity index (χ0) is 11.4. The first-order valence-electron chi connectivity index (χ1n) is 6.14. The molecule has 1 fully saturated rings. The average Bonchev–Trinajstić information content (AvgIpc) is 2.31. The molecule has 1 aromatic heterocycles. The summed E-state index contributed by atoms with van der Waals surface area (Å²) in [5.41, 5.74) is 6.91. The van der Waals surface area contributed by atoms with E-state index in [0.29, 0.717) is 6.10 Å². The minimum Gasteiger partial charge on any atom is -0.474 e. The molecule has 1 heterocycles. The number of hydrogen-bond acceptors (Lipinski definition) is 3. The smallest absolute Gasteiger partial charge is 0.218 e. The number of ether oxygens (including phenoxy) is 1. The monoisotopic (exact) mass is 220 g/mol. The number of aromatic nitrogens is 1. The van der Waals surface area contributed by atoms with Crippen LogP contribution in [0.3, 0.4) is 0 Å². The second kappa shape index (κ2) is 5.30. The Labute approximate surface area is 97.0 Å². The number of pyridine rings is 1. The number of nitrogens with zero attached hydrogens (tertiary/aromatic N) is 1. The van der Waals surface area contributed by atoms with Crippen LogP contribution in [-0.4, -0.2) is 11.1 Å². The molecule has 3 nitrogen and oxygen atoms in total. The number of hydrogen-bond donors (Lipinski definition) is 1. The topological polar surface area (TPSA) is 48.1 Å². The van der Waals surface area contributed by atoms with Gasteiger partial charge >= 0.3 is 0 Å². The first kappa shape index (κ1) is 11.4. The largest absolute Gasteiger partial charge is 0.474 e. The van der Waals surface area contributed by atoms with E-state index in [0.717, 1.165) is 24.3 Å². The molecule has 1 aliphatic rings. The fourth-order valence-electron chi connectivity index (χ4n) is 2.19. The molecular formula is C13H20N2O. The summed E-state index contributed by atoms with van der Waals surface area (Å²) in [7, 11) is 0. The zero-order valence-electron chi connectivity index (χ0n) is 9.86. The van der Waals surface area contributed by atoms with Gasteiger partial charge in [0.25, 0.3) is 0 Å². The van der Waals surface area contributed by atoms with Gasteiger partial charge in [-0.05, 0) is 38.7 Å². The van der Waals surface area contributed by atoms with Crippen LogP contribution >= 0.6 is 0 Å². The highest BCUT2D eigenvalue weighted by atomic mass is 16.5. The highest BCUT2D eigenvalue weighted by molar-refractivity contribution is 5.28. The lowest BCUT2D eigenvalue weighted by Gasteiger charge is -2.24. The Kier molecular flexibility index (Phi) is 3.78. The Morgan fingerprint density at radius 1 is 1.38 bits per heavy atom. The van der Waals surface area contributed by atoms with Gasteiger partial charge in [-0.25, -0.2) is 4.98 Å². The first-order chi connectivity index (χ1) is 7.77. The lowest BCUT2D eigenvalue weighted by molar-refractivity contribution is 0.146. The molecule has 0 spiro atoms. The van der Waals surface area contributed by atoms with Gasteiger partial charge < -0.3 is 10.5 Å². The molecule has 0 amide bonds.